The summed E-state index contributed by atoms with van der Waals surface area (Å²) in [5.41, 5.74) is 0.227. The molecule has 3 atom stereocenters. The summed E-state index contributed by atoms with van der Waals surface area (Å²) >= 11 is 0. The van der Waals surface area contributed by atoms with Crippen LogP contribution in [0.3, 0.4) is 0 Å². The molecule has 3 nitrogen and oxygen atoms in total. The van der Waals surface area contributed by atoms with Crippen molar-refractivity contribution in [1.82, 2.24) is 5.32 Å². The first-order chi connectivity index (χ1) is 9.41. The molecule has 1 aliphatic rings. The number of hydrogen-bond donors (Lipinski definition) is 2. The van der Waals surface area contributed by atoms with Crippen LogP contribution in [-0.2, 0) is 4.74 Å². The summed E-state index contributed by atoms with van der Waals surface area (Å²) in [4.78, 5) is 0. The SMILES string of the molecule is CCCC(CCO)CNC1CC(OCC(C)C)C1(C)C. The van der Waals surface area contributed by atoms with Gasteiger partial charge in [0.2, 0.25) is 0 Å². The van der Waals surface area contributed by atoms with E-state index in [2.05, 4.69) is 39.9 Å². The van der Waals surface area contributed by atoms with Crippen molar-refractivity contribution in [3.63, 3.8) is 0 Å². The van der Waals surface area contributed by atoms with Crippen LogP contribution < -0.4 is 5.32 Å². The molecule has 0 aliphatic heterocycles. The first-order valence-corrected chi connectivity index (χ1v) is 8.37. The highest BCUT2D eigenvalue weighted by Gasteiger charge is 2.48. The fourth-order valence-electron chi connectivity index (χ4n) is 3.07. The van der Waals surface area contributed by atoms with Crippen LogP contribution in [0.1, 0.15) is 60.3 Å². The maximum atomic E-state index is 9.12. The summed E-state index contributed by atoms with van der Waals surface area (Å²) in [7, 11) is 0. The van der Waals surface area contributed by atoms with E-state index < -0.39 is 0 Å². The number of aliphatic hydroxyl groups excluding tert-OH is 1. The Balaban J connectivity index is 2.31. The topological polar surface area (TPSA) is 41.5 Å². The first kappa shape index (κ1) is 17.9. The standard InChI is InChI=1S/C17H35NO2/c1-6-7-14(8-9-19)11-18-15-10-16(17(15,4)5)20-12-13(2)3/h13-16,18-19H,6-12H2,1-5H3. The zero-order valence-electron chi connectivity index (χ0n) is 14.1. The maximum absolute atomic E-state index is 9.12. The van der Waals surface area contributed by atoms with Crippen LogP contribution in [0.15, 0.2) is 0 Å². The van der Waals surface area contributed by atoms with E-state index in [0.29, 0.717) is 30.6 Å². The molecule has 120 valence electrons. The minimum absolute atomic E-state index is 0.227. The van der Waals surface area contributed by atoms with E-state index >= 15 is 0 Å². The molecule has 20 heavy (non-hydrogen) atoms. The van der Waals surface area contributed by atoms with Gasteiger partial charge in [0.1, 0.15) is 0 Å². The van der Waals surface area contributed by atoms with Crippen LogP contribution >= 0.6 is 0 Å². The molecule has 0 spiro atoms. The van der Waals surface area contributed by atoms with Gasteiger partial charge < -0.3 is 15.2 Å². The molecule has 0 aromatic carbocycles. The zero-order chi connectivity index (χ0) is 15.2. The number of rotatable bonds is 10. The third-order valence-corrected chi connectivity index (χ3v) is 4.70. The predicted octanol–water partition coefficient (Wildman–Crippen LogP) is 3.21. The van der Waals surface area contributed by atoms with Gasteiger partial charge in [0.25, 0.3) is 0 Å². The van der Waals surface area contributed by atoms with Crippen molar-refractivity contribution in [2.24, 2.45) is 17.3 Å². The highest BCUT2D eigenvalue weighted by atomic mass is 16.5. The van der Waals surface area contributed by atoms with Gasteiger partial charge in [-0.25, -0.2) is 0 Å². The zero-order valence-corrected chi connectivity index (χ0v) is 14.1. The average molecular weight is 285 g/mol. The Hall–Kier alpha value is -0.120. The van der Waals surface area contributed by atoms with Gasteiger partial charge in [-0.15, -0.1) is 0 Å². The minimum atomic E-state index is 0.227. The minimum Gasteiger partial charge on any atom is -0.396 e. The van der Waals surface area contributed by atoms with Gasteiger partial charge in [-0.05, 0) is 37.6 Å². The van der Waals surface area contributed by atoms with Crippen LogP contribution in [0.25, 0.3) is 0 Å². The van der Waals surface area contributed by atoms with Crippen molar-refractivity contribution < 1.29 is 9.84 Å². The fourth-order valence-corrected chi connectivity index (χ4v) is 3.07. The molecule has 3 heteroatoms. The Bertz CT molecular complexity index is 260. The lowest BCUT2D eigenvalue weighted by Gasteiger charge is -2.52. The summed E-state index contributed by atoms with van der Waals surface area (Å²) in [5, 5.41) is 12.8. The molecule has 0 saturated heterocycles. The molecular weight excluding hydrogens is 250 g/mol. The fraction of sp³-hybridized carbons (Fsp3) is 1.00. The molecule has 0 radical (unpaired) electrons. The summed E-state index contributed by atoms with van der Waals surface area (Å²) in [6.45, 7) is 13.4. The lowest BCUT2D eigenvalue weighted by atomic mass is 9.64. The van der Waals surface area contributed by atoms with E-state index in [0.717, 1.165) is 26.0 Å². The molecule has 0 heterocycles. The highest BCUT2D eigenvalue weighted by molar-refractivity contribution is 5.02. The van der Waals surface area contributed by atoms with Gasteiger partial charge in [0.15, 0.2) is 0 Å². The second-order valence-electron chi connectivity index (χ2n) is 7.40. The summed E-state index contributed by atoms with van der Waals surface area (Å²) in [5.74, 6) is 1.22. The number of ether oxygens (including phenoxy) is 1. The van der Waals surface area contributed by atoms with Crippen LogP contribution in [0.5, 0.6) is 0 Å². The summed E-state index contributed by atoms with van der Waals surface area (Å²) < 4.78 is 6.01. The Labute approximate surface area is 125 Å². The van der Waals surface area contributed by atoms with Crippen molar-refractivity contribution in [2.45, 2.75) is 72.4 Å². The van der Waals surface area contributed by atoms with Crippen LogP contribution in [0, 0.1) is 17.3 Å². The van der Waals surface area contributed by atoms with Crippen molar-refractivity contribution >= 4 is 0 Å². The molecule has 1 fully saturated rings. The molecule has 3 unspecified atom stereocenters. The Morgan fingerprint density at radius 1 is 1.30 bits per heavy atom. The van der Waals surface area contributed by atoms with Gasteiger partial charge in [-0.3, -0.25) is 0 Å². The molecular formula is C17H35NO2. The molecule has 0 bridgehead atoms. The second kappa shape index (κ2) is 8.35. The molecule has 1 saturated carbocycles. The number of nitrogens with one attached hydrogen (secondary N) is 1. The van der Waals surface area contributed by atoms with E-state index in [4.69, 9.17) is 9.84 Å². The van der Waals surface area contributed by atoms with Crippen LogP contribution in [0.2, 0.25) is 0 Å². The van der Waals surface area contributed by atoms with E-state index in [-0.39, 0.29) is 5.41 Å². The highest BCUT2D eigenvalue weighted by Crippen LogP contribution is 2.43. The van der Waals surface area contributed by atoms with Crippen LogP contribution in [-0.4, -0.2) is 37.0 Å². The van der Waals surface area contributed by atoms with Crippen molar-refractivity contribution in [3.8, 4) is 0 Å². The summed E-state index contributed by atoms with van der Waals surface area (Å²) in [6, 6.07) is 0.553. The lowest BCUT2D eigenvalue weighted by Crippen LogP contribution is -2.61. The van der Waals surface area contributed by atoms with E-state index in [9.17, 15) is 0 Å². The number of aliphatic hydroxyl groups is 1. The van der Waals surface area contributed by atoms with Gasteiger partial charge >= 0.3 is 0 Å². The third-order valence-electron chi connectivity index (χ3n) is 4.70. The van der Waals surface area contributed by atoms with Gasteiger partial charge in [0, 0.05) is 24.7 Å². The van der Waals surface area contributed by atoms with E-state index in [1.54, 1.807) is 0 Å². The van der Waals surface area contributed by atoms with Crippen molar-refractivity contribution in [2.75, 3.05) is 19.8 Å². The molecule has 0 aromatic heterocycles. The van der Waals surface area contributed by atoms with Crippen LogP contribution in [0.4, 0.5) is 0 Å². The largest absolute Gasteiger partial charge is 0.396 e. The molecule has 1 rings (SSSR count). The lowest BCUT2D eigenvalue weighted by molar-refractivity contribution is -0.124. The first-order valence-electron chi connectivity index (χ1n) is 8.37. The third kappa shape index (κ3) is 5.01. The monoisotopic (exact) mass is 285 g/mol. The molecule has 0 amide bonds. The second-order valence-corrected chi connectivity index (χ2v) is 7.40. The normalized spacial score (nSPS) is 26.6. The van der Waals surface area contributed by atoms with Gasteiger partial charge in [-0.2, -0.15) is 0 Å². The Morgan fingerprint density at radius 2 is 2.00 bits per heavy atom. The Kier molecular flexibility index (Phi) is 7.49. The van der Waals surface area contributed by atoms with Gasteiger partial charge in [-0.1, -0.05) is 41.0 Å². The van der Waals surface area contributed by atoms with Gasteiger partial charge in [0.05, 0.1) is 6.10 Å². The maximum Gasteiger partial charge on any atom is 0.0656 e. The quantitative estimate of drug-likeness (QED) is 0.647. The average Bonchev–Trinajstić information content (AvgIpc) is 2.36. The summed E-state index contributed by atoms with van der Waals surface area (Å²) in [6.07, 6.45) is 4.83. The van der Waals surface area contributed by atoms with E-state index in [1.807, 2.05) is 0 Å². The van der Waals surface area contributed by atoms with E-state index in [1.165, 1.54) is 12.8 Å². The van der Waals surface area contributed by atoms with Crippen molar-refractivity contribution in [3.05, 3.63) is 0 Å². The molecule has 1 aliphatic carbocycles. The Morgan fingerprint density at radius 3 is 2.50 bits per heavy atom. The smallest absolute Gasteiger partial charge is 0.0656 e. The predicted molar refractivity (Wildman–Crippen MR) is 84.9 cm³/mol. The molecule has 2 N–H and O–H groups in total. The number of hydrogen-bond acceptors (Lipinski definition) is 3. The van der Waals surface area contributed by atoms with Crippen molar-refractivity contribution in [1.29, 1.82) is 0 Å². The molecule has 0 aromatic rings.